The molecule has 0 heterocycles. The topological polar surface area (TPSA) is 9.23 Å². The van der Waals surface area contributed by atoms with Crippen LogP contribution in [0, 0.1) is 11.8 Å². The highest BCUT2D eigenvalue weighted by Gasteiger charge is 2.25. The minimum Gasteiger partial charge on any atom is -0.379 e. The van der Waals surface area contributed by atoms with Gasteiger partial charge in [0.2, 0.25) is 0 Å². The Hall–Kier alpha value is -0.0400. The molecule has 0 unspecified atom stereocenters. The zero-order valence-corrected chi connectivity index (χ0v) is 13.6. The fraction of sp³-hybridized carbons (Fsp3) is 1.00. The lowest BCUT2D eigenvalue weighted by atomic mass is 9.78. The Labute approximate surface area is 110 Å². The Morgan fingerprint density at radius 3 is 1.71 bits per heavy atom. The van der Waals surface area contributed by atoms with Crippen molar-refractivity contribution in [3.8, 4) is 0 Å². The maximum Gasteiger partial charge on any atom is 0.0625 e. The van der Waals surface area contributed by atoms with Gasteiger partial charge < -0.3 is 4.74 Å². The monoisotopic (exact) mass is 244 g/mol. The number of ether oxygens (including phenoxy) is 1. The van der Waals surface area contributed by atoms with Crippen LogP contribution in [-0.4, -0.2) is 12.7 Å². The lowest BCUT2D eigenvalue weighted by Crippen LogP contribution is -2.28. The van der Waals surface area contributed by atoms with Crippen molar-refractivity contribution in [2.75, 3.05) is 7.11 Å². The summed E-state index contributed by atoms with van der Waals surface area (Å²) < 4.78 is 5.47. The smallest absolute Gasteiger partial charge is 0.0625 e. The van der Waals surface area contributed by atoms with Gasteiger partial charge in [0.1, 0.15) is 0 Å². The molecule has 0 radical (unpaired) electrons. The van der Waals surface area contributed by atoms with E-state index in [-0.39, 0.29) is 5.60 Å². The summed E-state index contributed by atoms with van der Waals surface area (Å²) in [5, 5.41) is 0. The van der Waals surface area contributed by atoms with Gasteiger partial charge in [0.05, 0.1) is 5.60 Å². The SMILES string of the molecule is CC.CC.COC(C)(C)CC1CCC(C)CC1. The van der Waals surface area contributed by atoms with Crippen LogP contribution >= 0.6 is 0 Å². The first-order chi connectivity index (χ1) is 8.03. The van der Waals surface area contributed by atoms with E-state index in [0.29, 0.717) is 0 Å². The predicted octanol–water partition coefficient (Wildman–Crippen LogP) is 5.68. The van der Waals surface area contributed by atoms with Crippen molar-refractivity contribution in [2.45, 2.75) is 86.2 Å². The molecule has 0 aromatic heterocycles. The van der Waals surface area contributed by atoms with Gasteiger partial charge in [-0.3, -0.25) is 0 Å². The van der Waals surface area contributed by atoms with Crippen LogP contribution in [-0.2, 0) is 4.74 Å². The first kappa shape index (κ1) is 19.3. The Balaban J connectivity index is 0. The van der Waals surface area contributed by atoms with Crippen molar-refractivity contribution in [3.05, 3.63) is 0 Å². The van der Waals surface area contributed by atoms with Gasteiger partial charge in [0.15, 0.2) is 0 Å². The summed E-state index contributed by atoms with van der Waals surface area (Å²) in [6.45, 7) is 14.8. The second-order valence-corrected chi connectivity index (χ2v) is 5.29. The molecule has 0 aromatic rings. The van der Waals surface area contributed by atoms with Crippen LogP contribution in [0.1, 0.15) is 80.6 Å². The van der Waals surface area contributed by atoms with E-state index >= 15 is 0 Å². The Morgan fingerprint density at radius 1 is 0.941 bits per heavy atom. The number of rotatable bonds is 3. The zero-order chi connectivity index (χ0) is 13.9. The van der Waals surface area contributed by atoms with Crippen molar-refractivity contribution in [2.24, 2.45) is 11.8 Å². The van der Waals surface area contributed by atoms with Gasteiger partial charge in [0, 0.05) is 7.11 Å². The summed E-state index contributed by atoms with van der Waals surface area (Å²) in [5.74, 6) is 1.87. The van der Waals surface area contributed by atoms with Crippen LogP contribution in [0.25, 0.3) is 0 Å². The number of hydrogen-bond acceptors (Lipinski definition) is 1. The molecular formula is C16H36O. The van der Waals surface area contributed by atoms with Gasteiger partial charge in [-0.15, -0.1) is 0 Å². The van der Waals surface area contributed by atoms with Crippen LogP contribution in [0.3, 0.4) is 0 Å². The quantitative estimate of drug-likeness (QED) is 0.620. The van der Waals surface area contributed by atoms with E-state index in [0.717, 1.165) is 11.8 Å². The van der Waals surface area contributed by atoms with Crippen molar-refractivity contribution >= 4 is 0 Å². The highest BCUT2D eigenvalue weighted by Crippen LogP contribution is 2.34. The molecule has 1 saturated carbocycles. The number of methoxy groups -OCH3 is 1. The average molecular weight is 244 g/mol. The zero-order valence-electron chi connectivity index (χ0n) is 13.6. The molecule has 0 amide bonds. The van der Waals surface area contributed by atoms with E-state index in [1.165, 1.54) is 32.1 Å². The molecule has 0 N–H and O–H groups in total. The van der Waals surface area contributed by atoms with Crippen LogP contribution < -0.4 is 0 Å². The molecule has 106 valence electrons. The molecule has 1 aliphatic rings. The van der Waals surface area contributed by atoms with E-state index in [4.69, 9.17) is 4.74 Å². The van der Waals surface area contributed by atoms with E-state index in [1.54, 1.807) is 0 Å². The summed E-state index contributed by atoms with van der Waals surface area (Å²) >= 11 is 0. The van der Waals surface area contributed by atoms with Crippen molar-refractivity contribution in [3.63, 3.8) is 0 Å². The molecule has 0 atom stereocenters. The van der Waals surface area contributed by atoms with Gasteiger partial charge in [-0.2, -0.15) is 0 Å². The first-order valence-electron chi connectivity index (χ1n) is 7.58. The molecule has 1 fully saturated rings. The fourth-order valence-corrected chi connectivity index (χ4v) is 2.31. The van der Waals surface area contributed by atoms with Gasteiger partial charge in [-0.25, -0.2) is 0 Å². The third kappa shape index (κ3) is 9.64. The molecule has 1 heteroatoms. The summed E-state index contributed by atoms with van der Waals surface area (Å²) in [5.41, 5.74) is 0.0885. The number of hydrogen-bond donors (Lipinski definition) is 0. The van der Waals surface area contributed by atoms with Gasteiger partial charge in [-0.1, -0.05) is 60.3 Å². The molecule has 0 aliphatic heterocycles. The molecule has 17 heavy (non-hydrogen) atoms. The molecule has 1 nitrogen and oxygen atoms in total. The summed E-state index contributed by atoms with van der Waals surface area (Å²) in [6, 6.07) is 0. The molecule has 0 spiro atoms. The van der Waals surface area contributed by atoms with Gasteiger partial charge >= 0.3 is 0 Å². The van der Waals surface area contributed by atoms with E-state index < -0.39 is 0 Å². The lowest BCUT2D eigenvalue weighted by Gasteiger charge is -2.32. The first-order valence-corrected chi connectivity index (χ1v) is 7.58. The second-order valence-electron chi connectivity index (χ2n) is 5.29. The standard InChI is InChI=1S/C12H24O.2C2H6/c1-10-5-7-11(8-6-10)9-12(2,3)13-4;2*1-2/h10-11H,5-9H2,1-4H3;2*1-2H3. The van der Waals surface area contributed by atoms with E-state index in [2.05, 4.69) is 20.8 Å². The molecule has 0 aromatic carbocycles. The summed E-state index contributed by atoms with van der Waals surface area (Å²) in [6.07, 6.45) is 6.90. The minimum absolute atomic E-state index is 0.0885. The molecule has 0 saturated heterocycles. The average Bonchev–Trinajstić information content (AvgIpc) is 2.37. The third-order valence-corrected chi connectivity index (χ3v) is 3.47. The van der Waals surface area contributed by atoms with Crippen LogP contribution in [0.5, 0.6) is 0 Å². The molecule has 0 bridgehead atoms. The normalized spacial score (nSPS) is 24.0. The Morgan fingerprint density at radius 2 is 1.35 bits per heavy atom. The second kappa shape index (κ2) is 11.1. The molecule has 1 aliphatic carbocycles. The molecule has 1 rings (SSSR count). The van der Waals surface area contributed by atoms with E-state index in [1.807, 2.05) is 34.8 Å². The van der Waals surface area contributed by atoms with Crippen LogP contribution in [0.4, 0.5) is 0 Å². The van der Waals surface area contributed by atoms with Crippen molar-refractivity contribution in [1.82, 2.24) is 0 Å². The molecular weight excluding hydrogens is 208 g/mol. The third-order valence-electron chi connectivity index (χ3n) is 3.47. The summed E-state index contributed by atoms with van der Waals surface area (Å²) in [7, 11) is 1.82. The van der Waals surface area contributed by atoms with Gasteiger partial charge in [0.25, 0.3) is 0 Å². The lowest BCUT2D eigenvalue weighted by molar-refractivity contribution is -0.00392. The highest BCUT2D eigenvalue weighted by atomic mass is 16.5. The Bertz CT molecular complexity index is 144. The fourth-order valence-electron chi connectivity index (χ4n) is 2.31. The minimum atomic E-state index is 0.0885. The van der Waals surface area contributed by atoms with Gasteiger partial charge in [-0.05, 0) is 32.1 Å². The predicted molar refractivity (Wildman–Crippen MR) is 79.5 cm³/mol. The van der Waals surface area contributed by atoms with E-state index in [9.17, 15) is 0 Å². The van der Waals surface area contributed by atoms with Crippen molar-refractivity contribution < 1.29 is 4.74 Å². The highest BCUT2D eigenvalue weighted by molar-refractivity contribution is 4.77. The van der Waals surface area contributed by atoms with Crippen LogP contribution in [0.15, 0.2) is 0 Å². The summed E-state index contributed by atoms with van der Waals surface area (Å²) in [4.78, 5) is 0. The van der Waals surface area contributed by atoms with Crippen molar-refractivity contribution in [1.29, 1.82) is 0 Å². The van der Waals surface area contributed by atoms with Crippen LogP contribution in [0.2, 0.25) is 0 Å². The largest absolute Gasteiger partial charge is 0.379 e. The maximum atomic E-state index is 5.47. The maximum absolute atomic E-state index is 5.47. The Kier molecular flexibility index (Phi) is 12.6.